The van der Waals surface area contributed by atoms with Crippen molar-refractivity contribution in [2.45, 2.75) is 17.6 Å². The van der Waals surface area contributed by atoms with E-state index in [0.717, 1.165) is 5.75 Å². The summed E-state index contributed by atoms with van der Waals surface area (Å²) >= 11 is 1.49. The lowest BCUT2D eigenvalue weighted by molar-refractivity contribution is 0.273. The molecule has 1 unspecified atom stereocenters. The van der Waals surface area contributed by atoms with Gasteiger partial charge in [0.25, 0.3) is 0 Å². The Morgan fingerprint density at radius 1 is 1.73 bits per heavy atom. The molecular weight excluding hydrogens is 216 g/mol. The van der Waals surface area contributed by atoms with Crippen LogP contribution in [0.4, 0.5) is 0 Å². The van der Waals surface area contributed by atoms with E-state index in [9.17, 15) is 4.79 Å². The lowest BCUT2D eigenvalue weighted by Gasteiger charge is -2.13. The van der Waals surface area contributed by atoms with Crippen LogP contribution >= 0.6 is 11.8 Å². The summed E-state index contributed by atoms with van der Waals surface area (Å²) < 4.78 is 1.47. The van der Waals surface area contributed by atoms with Crippen LogP contribution in [0.5, 0.6) is 0 Å². The number of aromatic amines is 1. The van der Waals surface area contributed by atoms with E-state index in [1.165, 1.54) is 16.3 Å². The molecule has 86 valence electrons. The summed E-state index contributed by atoms with van der Waals surface area (Å²) in [4.78, 5) is 11.1. The van der Waals surface area contributed by atoms with Crippen molar-refractivity contribution in [2.75, 3.05) is 19.4 Å². The predicted octanol–water partition coefficient (Wildman–Crippen LogP) is -0.829. The molecule has 3 N–H and O–H groups in total. The Balaban J connectivity index is 2.48. The van der Waals surface area contributed by atoms with E-state index in [1.54, 1.807) is 7.05 Å². The Labute approximate surface area is 92.1 Å². The minimum Gasteiger partial charge on any atom is -0.396 e. The van der Waals surface area contributed by atoms with Gasteiger partial charge in [-0.15, -0.1) is 5.10 Å². The number of hydrogen-bond donors (Lipinski definition) is 3. The highest BCUT2D eigenvalue weighted by Gasteiger charge is 2.09. The molecule has 0 aromatic carbocycles. The smallest absolute Gasteiger partial charge is 0.343 e. The van der Waals surface area contributed by atoms with Crippen molar-refractivity contribution in [3.8, 4) is 0 Å². The number of hydrogen-bond acceptors (Lipinski definition) is 5. The number of H-pyrrole nitrogens is 1. The van der Waals surface area contributed by atoms with Crippen molar-refractivity contribution in [2.24, 2.45) is 7.05 Å². The minimum atomic E-state index is -0.208. The van der Waals surface area contributed by atoms with Crippen LogP contribution in [0, 0.1) is 0 Å². The summed E-state index contributed by atoms with van der Waals surface area (Å²) in [5.74, 6) is 0.773. The molecule has 0 fully saturated rings. The maximum atomic E-state index is 11.1. The third-order valence-electron chi connectivity index (χ3n) is 2.14. The molecule has 1 atom stereocenters. The molecule has 0 radical (unpaired) electrons. The van der Waals surface area contributed by atoms with Gasteiger partial charge in [0.1, 0.15) is 0 Å². The van der Waals surface area contributed by atoms with E-state index in [0.29, 0.717) is 11.6 Å². The normalized spacial score (nSPS) is 13.0. The molecule has 0 aliphatic rings. The van der Waals surface area contributed by atoms with E-state index in [2.05, 4.69) is 15.5 Å². The average Bonchev–Trinajstić information content (AvgIpc) is 2.55. The van der Waals surface area contributed by atoms with E-state index < -0.39 is 0 Å². The average molecular weight is 232 g/mol. The second-order valence-electron chi connectivity index (χ2n) is 3.18. The first-order valence-corrected chi connectivity index (χ1v) is 5.70. The monoisotopic (exact) mass is 232 g/mol. The van der Waals surface area contributed by atoms with Gasteiger partial charge in [-0.2, -0.15) is 0 Å². The van der Waals surface area contributed by atoms with Crippen LogP contribution < -0.4 is 11.0 Å². The Morgan fingerprint density at radius 2 is 2.47 bits per heavy atom. The summed E-state index contributed by atoms with van der Waals surface area (Å²) in [5, 5.41) is 18.8. The highest BCUT2D eigenvalue weighted by atomic mass is 32.2. The number of rotatable bonds is 6. The fraction of sp³-hybridized carbons (Fsp3) is 0.750. The van der Waals surface area contributed by atoms with Crippen molar-refractivity contribution in [1.82, 2.24) is 20.1 Å². The molecule has 7 heteroatoms. The van der Waals surface area contributed by atoms with Crippen molar-refractivity contribution in [1.29, 1.82) is 0 Å². The Bertz CT molecular complexity index is 349. The summed E-state index contributed by atoms with van der Waals surface area (Å²) in [5.41, 5.74) is -0.208. The number of nitrogens with zero attached hydrogens (tertiary/aromatic N) is 2. The van der Waals surface area contributed by atoms with E-state index in [-0.39, 0.29) is 18.3 Å². The van der Waals surface area contributed by atoms with Crippen LogP contribution in [0.15, 0.2) is 9.95 Å². The molecule has 0 bridgehead atoms. The molecule has 0 saturated carbocycles. The molecule has 1 aromatic heterocycles. The summed E-state index contributed by atoms with van der Waals surface area (Å²) in [6.45, 7) is 0.158. The Kier molecular flexibility index (Phi) is 4.86. The molecule has 0 aliphatic carbocycles. The number of aliphatic hydroxyl groups excluding tert-OH is 1. The van der Waals surface area contributed by atoms with E-state index in [4.69, 9.17) is 5.11 Å². The van der Waals surface area contributed by atoms with Gasteiger partial charge in [0.05, 0.1) is 0 Å². The highest BCUT2D eigenvalue weighted by molar-refractivity contribution is 7.99. The number of thioether (sulfide) groups is 1. The first-order chi connectivity index (χ1) is 7.19. The molecule has 1 aromatic rings. The third kappa shape index (κ3) is 3.37. The summed E-state index contributed by atoms with van der Waals surface area (Å²) in [7, 11) is 3.53. The summed E-state index contributed by atoms with van der Waals surface area (Å²) in [6, 6.07) is 0.229. The lowest BCUT2D eigenvalue weighted by atomic mass is 10.2. The van der Waals surface area contributed by atoms with Gasteiger partial charge in [0.2, 0.25) is 0 Å². The van der Waals surface area contributed by atoms with Gasteiger partial charge in [-0.25, -0.2) is 9.89 Å². The molecule has 1 rings (SSSR count). The van der Waals surface area contributed by atoms with Gasteiger partial charge in [-0.3, -0.25) is 4.57 Å². The van der Waals surface area contributed by atoms with Crippen LogP contribution in [0.1, 0.15) is 6.42 Å². The first-order valence-electron chi connectivity index (χ1n) is 4.71. The molecular formula is C8H16N4O2S. The topological polar surface area (TPSA) is 82.9 Å². The van der Waals surface area contributed by atoms with Crippen molar-refractivity contribution < 1.29 is 5.11 Å². The fourth-order valence-corrected chi connectivity index (χ4v) is 2.17. The zero-order chi connectivity index (χ0) is 11.3. The number of aromatic nitrogens is 3. The molecule has 6 nitrogen and oxygen atoms in total. The van der Waals surface area contributed by atoms with Crippen LogP contribution in [-0.4, -0.2) is 45.3 Å². The Hall–Kier alpha value is -0.790. The van der Waals surface area contributed by atoms with Crippen molar-refractivity contribution >= 4 is 11.8 Å². The molecule has 1 heterocycles. The molecule has 15 heavy (non-hydrogen) atoms. The van der Waals surface area contributed by atoms with Crippen LogP contribution in [-0.2, 0) is 7.05 Å². The van der Waals surface area contributed by atoms with E-state index >= 15 is 0 Å². The lowest BCUT2D eigenvalue weighted by Crippen LogP contribution is -2.28. The van der Waals surface area contributed by atoms with Gasteiger partial charge in [-0.1, -0.05) is 11.8 Å². The van der Waals surface area contributed by atoms with Gasteiger partial charge >= 0.3 is 5.69 Å². The standard InChI is InChI=1S/C8H16N4O2S/c1-9-6(3-4-13)5-15-8-11-10-7(14)12(8)2/h6,9,13H,3-5H2,1-2H3,(H,10,14). The largest absolute Gasteiger partial charge is 0.396 e. The fourth-order valence-electron chi connectivity index (χ4n) is 1.10. The zero-order valence-electron chi connectivity index (χ0n) is 8.86. The summed E-state index contributed by atoms with van der Waals surface area (Å²) in [6.07, 6.45) is 0.696. The number of nitrogens with one attached hydrogen (secondary N) is 2. The predicted molar refractivity (Wildman–Crippen MR) is 59.1 cm³/mol. The maximum Gasteiger partial charge on any atom is 0.343 e. The second kappa shape index (κ2) is 5.94. The van der Waals surface area contributed by atoms with Crippen LogP contribution in [0.3, 0.4) is 0 Å². The van der Waals surface area contributed by atoms with Gasteiger partial charge in [0, 0.05) is 25.4 Å². The van der Waals surface area contributed by atoms with Crippen LogP contribution in [0.25, 0.3) is 0 Å². The minimum absolute atomic E-state index is 0.158. The molecule has 0 amide bonds. The van der Waals surface area contributed by atoms with Gasteiger partial charge < -0.3 is 10.4 Å². The van der Waals surface area contributed by atoms with Crippen molar-refractivity contribution in [3.63, 3.8) is 0 Å². The van der Waals surface area contributed by atoms with Crippen LogP contribution in [0.2, 0.25) is 0 Å². The molecule has 0 aliphatic heterocycles. The van der Waals surface area contributed by atoms with Gasteiger partial charge in [-0.05, 0) is 13.5 Å². The maximum absolute atomic E-state index is 11.1. The highest BCUT2D eigenvalue weighted by Crippen LogP contribution is 2.14. The molecule has 0 spiro atoms. The van der Waals surface area contributed by atoms with Gasteiger partial charge in [0.15, 0.2) is 5.16 Å². The molecule has 0 saturated heterocycles. The Morgan fingerprint density at radius 3 is 2.93 bits per heavy atom. The third-order valence-corrected chi connectivity index (χ3v) is 3.33. The zero-order valence-corrected chi connectivity index (χ0v) is 9.67. The first kappa shape index (κ1) is 12.3. The van der Waals surface area contributed by atoms with Crippen molar-refractivity contribution in [3.05, 3.63) is 10.5 Å². The quantitative estimate of drug-likeness (QED) is 0.558. The second-order valence-corrected chi connectivity index (χ2v) is 4.17. The number of aliphatic hydroxyl groups is 1. The van der Waals surface area contributed by atoms with E-state index in [1.807, 2.05) is 7.05 Å². The SMILES string of the molecule is CNC(CCO)CSc1n[nH]c(=O)n1C.